The van der Waals surface area contributed by atoms with Crippen LogP contribution < -0.4 is 10.1 Å². The highest BCUT2D eigenvalue weighted by atomic mass is 35.5. The number of nitrogens with one attached hydrogen (secondary N) is 1. The first-order valence-electron chi connectivity index (χ1n) is 8.00. The van der Waals surface area contributed by atoms with Crippen LogP contribution in [0.2, 0.25) is 0 Å². The van der Waals surface area contributed by atoms with Gasteiger partial charge in [0.15, 0.2) is 0 Å². The van der Waals surface area contributed by atoms with Crippen LogP contribution in [0.25, 0.3) is 0 Å². The maximum absolute atomic E-state index is 12.9. The molecule has 0 aromatic heterocycles. The molecule has 0 heterocycles. The zero-order valence-corrected chi connectivity index (χ0v) is 13.9. The molecule has 2 aromatic carbocycles. The summed E-state index contributed by atoms with van der Waals surface area (Å²) in [5.74, 6) is 0.683. The van der Waals surface area contributed by atoms with Gasteiger partial charge in [0.2, 0.25) is 0 Å². The molecular formula is C19H23ClFNO. The average Bonchev–Trinajstić information content (AvgIpc) is 3.07. The van der Waals surface area contributed by atoms with E-state index in [0.717, 1.165) is 17.9 Å². The molecule has 23 heavy (non-hydrogen) atoms. The number of ether oxygens (including phenoxy) is 1. The Balaban J connectivity index is 0.00000192. The summed E-state index contributed by atoms with van der Waals surface area (Å²) < 4.78 is 18.8. The van der Waals surface area contributed by atoms with E-state index in [1.165, 1.54) is 43.4 Å². The minimum Gasteiger partial charge on any atom is -0.489 e. The van der Waals surface area contributed by atoms with Gasteiger partial charge in [0.1, 0.15) is 18.2 Å². The van der Waals surface area contributed by atoms with Crippen molar-refractivity contribution in [3.05, 3.63) is 65.5 Å². The summed E-state index contributed by atoms with van der Waals surface area (Å²) in [5.41, 5.74) is 2.15. The molecule has 2 aromatic rings. The smallest absolute Gasteiger partial charge is 0.124 e. The van der Waals surface area contributed by atoms with E-state index in [1.807, 2.05) is 18.2 Å². The molecule has 1 saturated carbocycles. The van der Waals surface area contributed by atoms with Crippen molar-refractivity contribution >= 4 is 12.4 Å². The lowest BCUT2D eigenvalue weighted by Crippen LogP contribution is -2.25. The predicted molar refractivity (Wildman–Crippen MR) is 93.5 cm³/mol. The van der Waals surface area contributed by atoms with Gasteiger partial charge in [-0.05, 0) is 36.6 Å². The monoisotopic (exact) mass is 335 g/mol. The van der Waals surface area contributed by atoms with Crippen LogP contribution in [0.5, 0.6) is 5.75 Å². The number of benzene rings is 2. The number of halogens is 2. The fourth-order valence-electron chi connectivity index (χ4n) is 2.92. The van der Waals surface area contributed by atoms with E-state index in [0.29, 0.717) is 12.6 Å². The molecule has 1 aliphatic rings. The number of hydrogen-bond acceptors (Lipinski definition) is 2. The molecular weight excluding hydrogens is 313 g/mol. The third-order valence-electron chi connectivity index (χ3n) is 4.22. The van der Waals surface area contributed by atoms with Crippen molar-refractivity contribution in [2.75, 3.05) is 0 Å². The van der Waals surface area contributed by atoms with E-state index in [4.69, 9.17) is 4.74 Å². The Labute approximate surface area is 143 Å². The Hall–Kier alpha value is -1.58. The lowest BCUT2D eigenvalue weighted by Gasteiger charge is -2.15. The molecule has 0 bridgehead atoms. The van der Waals surface area contributed by atoms with Crippen molar-refractivity contribution in [3.8, 4) is 5.75 Å². The van der Waals surface area contributed by atoms with Gasteiger partial charge in [0, 0.05) is 18.2 Å². The maximum Gasteiger partial charge on any atom is 0.124 e. The van der Waals surface area contributed by atoms with Gasteiger partial charge in [-0.15, -0.1) is 12.4 Å². The fourth-order valence-corrected chi connectivity index (χ4v) is 2.92. The van der Waals surface area contributed by atoms with E-state index in [9.17, 15) is 4.39 Å². The van der Waals surface area contributed by atoms with Crippen LogP contribution in [0.15, 0.2) is 48.5 Å². The van der Waals surface area contributed by atoms with Crippen molar-refractivity contribution in [1.29, 1.82) is 0 Å². The number of rotatable bonds is 6. The SMILES string of the molecule is Cl.Fc1ccc(COc2ccccc2CNC2CCCC2)cc1. The first-order chi connectivity index (χ1) is 10.8. The quantitative estimate of drug-likeness (QED) is 0.814. The summed E-state index contributed by atoms with van der Waals surface area (Å²) >= 11 is 0. The molecule has 0 unspecified atom stereocenters. The van der Waals surface area contributed by atoms with Crippen LogP contribution in [0.4, 0.5) is 4.39 Å². The van der Waals surface area contributed by atoms with Gasteiger partial charge in [-0.3, -0.25) is 0 Å². The zero-order chi connectivity index (χ0) is 15.2. The summed E-state index contributed by atoms with van der Waals surface area (Å²) in [4.78, 5) is 0. The van der Waals surface area contributed by atoms with E-state index >= 15 is 0 Å². The van der Waals surface area contributed by atoms with E-state index in [1.54, 1.807) is 12.1 Å². The first-order valence-corrected chi connectivity index (χ1v) is 8.00. The summed E-state index contributed by atoms with van der Waals surface area (Å²) in [6.45, 7) is 1.30. The van der Waals surface area contributed by atoms with Crippen LogP contribution in [0.3, 0.4) is 0 Å². The van der Waals surface area contributed by atoms with Crippen LogP contribution >= 0.6 is 12.4 Å². The third-order valence-corrected chi connectivity index (χ3v) is 4.22. The molecule has 124 valence electrons. The number of hydrogen-bond donors (Lipinski definition) is 1. The molecule has 0 saturated heterocycles. The van der Waals surface area contributed by atoms with Crippen LogP contribution in [-0.2, 0) is 13.2 Å². The first kappa shape index (κ1) is 17.8. The summed E-state index contributed by atoms with van der Waals surface area (Å²) in [5, 5.41) is 3.61. The Bertz CT molecular complexity index is 597. The van der Waals surface area contributed by atoms with Crippen LogP contribution in [0.1, 0.15) is 36.8 Å². The molecule has 3 rings (SSSR count). The number of para-hydroxylation sites is 1. The second-order valence-corrected chi connectivity index (χ2v) is 5.89. The second-order valence-electron chi connectivity index (χ2n) is 5.89. The topological polar surface area (TPSA) is 21.3 Å². The molecule has 2 nitrogen and oxygen atoms in total. The van der Waals surface area contributed by atoms with E-state index in [2.05, 4.69) is 11.4 Å². The highest BCUT2D eigenvalue weighted by molar-refractivity contribution is 5.85. The van der Waals surface area contributed by atoms with Gasteiger partial charge >= 0.3 is 0 Å². The van der Waals surface area contributed by atoms with E-state index in [-0.39, 0.29) is 18.2 Å². The fraction of sp³-hybridized carbons (Fsp3) is 0.368. The molecule has 0 spiro atoms. The largest absolute Gasteiger partial charge is 0.489 e. The van der Waals surface area contributed by atoms with Gasteiger partial charge in [0.05, 0.1) is 0 Å². The van der Waals surface area contributed by atoms with Gasteiger partial charge < -0.3 is 10.1 Å². The molecule has 1 fully saturated rings. The molecule has 0 radical (unpaired) electrons. The normalized spacial score (nSPS) is 14.5. The predicted octanol–water partition coefficient (Wildman–Crippen LogP) is 4.86. The molecule has 1 aliphatic carbocycles. The highest BCUT2D eigenvalue weighted by Gasteiger charge is 2.14. The summed E-state index contributed by atoms with van der Waals surface area (Å²) in [7, 11) is 0. The molecule has 4 heteroatoms. The van der Waals surface area contributed by atoms with Crippen molar-refractivity contribution in [2.24, 2.45) is 0 Å². The second kappa shape index (κ2) is 8.90. The Morgan fingerprint density at radius 1 is 1.00 bits per heavy atom. The van der Waals surface area contributed by atoms with Crippen molar-refractivity contribution in [2.45, 2.75) is 44.9 Å². The molecule has 0 atom stereocenters. The standard InChI is InChI=1S/C19H22FNO.ClH/c20-17-11-9-15(10-12-17)14-22-19-8-4-1-5-16(19)13-21-18-6-2-3-7-18;/h1,4-5,8-12,18,21H,2-3,6-7,13-14H2;1H. The molecule has 1 N–H and O–H groups in total. The third kappa shape index (κ3) is 5.22. The van der Waals surface area contributed by atoms with Crippen molar-refractivity contribution in [1.82, 2.24) is 5.32 Å². The minimum absolute atomic E-state index is 0. The van der Waals surface area contributed by atoms with Gasteiger partial charge in [-0.25, -0.2) is 4.39 Å². The van der Waals surface area contributed by atoms with Crippen molar-refractivity contribution < 1.29 is 9.13 Å². The molecule has 0 aliphatic heterocycles. The zero-order valence-electron chi connectivity index (χ0n) is 13.1. The Morgan fingerprint density at radius 2 is 1.70 bits per heavy atom. The summed E-state index contributed by atoms with van der Waals surface area (Å²) in [6, 6.07) is 15.2. The lowest BCUT2D eigenvalue weighted by atomic mass is 10.1. The maximum atomic E-state index is 12.9. The highest BCUT2D eigenvalue weighted by Crippen LogP contribution is 2.22. The minimum atomic E-state index is -0.218. The van der Waals surface area contributed by atoms with Crippen molar-refractivity contribution in [3.63, 3.8) is 0 Å². The van der Waals surface area contributed by atoms with Gasteiger partial charge in [-0.1, -0.05) is 43.2 Å². The lowest BCUT2D eigenvalue weighted by molar-refractivity contribution is 0.301. The summed E-state index contributed by atoms with van der Waals surface area (Å²) in [6.07, 6.45) is 5.22. The van der Waals surface area contributed by atoms with Gasteiger partial charge in [0.25, 0.3) is 0 Å². The van der Waals surface area contributed by atoms with E-state index < -0.39 is 0 Å². The Morgan fingerprint density at radius 3 is 2.43 bits per heavy atom. The average molecular weight is 336 g/mol. The van der Waals surface area contributed by atoms with Crippen LogP contribution in [-0.4, -0.2) is 6.04 Å². The van der Waals surface area contributed by atoms with Crippen LogP contribution in [0, 0.1) is 5.82 Å². The Kier molecular flexibility index (Phi) is 6.87. The van der Waals surface area contributed by atoms with Gasteiger partial charge in [-0.2, -0.15) is 0 Å². The molecule has 0 amide bonds.